The molecule has 0 saturated carbocycles. The standard InChI is InChI=1S/C12H8N2O2/c1-13-10-4-2-8(3-5-10)9-6-11(15)12(16)14-7-9/h2-7,15H,(H,14,16). The maximum absolute atomic E-state index is 11.0. The Morgan fingerprint density at radius 1 is 1.19 bits per heavy atom. The number of rotatable bonds is 1. The van der Waals surface area contributed by atoms with Gasteiger partial charge in [0.25, 0.3) is 5.56 Å². The highest BCUT2D eigenvalue weighted by Crippen LogP contribution is 2.22. The summed E-state index contributed by atoms with van der Waals surface area (Å²) in [6, 6.07) is 8.29. The van der Waals surface area contributed by atoms with Crippen LogP contribution in [0.2, 0.25) is 0 Å². The second-order valence-corrected chi connectivity index (χ2v) is 3.26. The van der Waals surface area contributed by atoms with Gasteiger partial charge >= 0.3 is 0 Å². The number of nitrogens with zero attached hydrogens (tertiary/aromatic N) is 1. The van der Waals surface area contributed by atoms with Crippen molar-refractivity contribution >= 4 is 5.69 Å². The molecule has 0 radical (unpaired) electrons. The second kappa shape index (κ2) is 3.91. The molecule has 16 heavy (non-hydrogen) atoms. The van der Waals surface area contributed by atoms with Gasteiger partial charge in [0.05, 0.1) is 6.57 Å². The minimum Gasteiger partial charge on any atom is -0.503 e. The molecule has 0 aliphatic rings. The van der Waals surface area contributed by atoms with E-state index in [9.17, 15) is 9.90 Å². The molecule has 78 valence electrons. The molecule has 0 unspecified atom stereocenters. The summed E-state index contributed by atoms with van der Waals surface area (Å²) < 4.78 is 0. The van der Waals surface area contributed by atoms with Crippen LogP contribution in [-0.2, 0) is 0 Å². The molecule has 0 aliphatic heterocycles. The van der Waals surface area contributed by atoms with Crippen molar-refractivity contribution in [1.29, 1.82) is 0 Å². The van der Waals surface area contributed by atoms with Crippen LogP contribution in [0.3, 0.4) is 0 Å². The zero-order chi connectivity index (χ0) is 11.5. The Bertz CT molecular complexity index is 606. The summed E-state index contributed by atoms with van der Waals surface area (Å²) in [4.78, 5) is 16.7. The van der Waals surface area contributed by atoms with Gasteiger partial charge in [-0.1, -0.05) is 24.3 Å². The fourth-order valence-electron chi connectivity index (χ4n) is 1.37. The first-order chi connectivity index (χ1) is 7.70. The highest BCUT2D eigenvalue weighted by atomic mass is 16.3. The molecular weight excluding hydrogens is 204 g/mol. The van der Waals surface area contributed by atoms with E-state index in [2.05, 4.69) is 9.83 Å². The molecule has 0 aliphatic carbocycles. The van der Waals surface area contributed by atoms with Crippen molar-refractivity contribution in [3.8, 4) is 16.9 Å². The van der Waals surface area contributed by atoms with E-state index in [1.54, 1.807) is 24.3 Å². The maximum Gasteiger partial charge on any atom is 0.290 e. The molecule has 0 fully saturated rings. The van der Waals surface area contributed by atoms with Crippen LogP contribution >= 0.6 is 0 Å². The Hall–Kier alpha value is -2.54. The number of benzene rings is 1. The van der Waals surface area contributed by atoms with Gasteiger partial charge in [-0.25, -0.2) is 4.85 Å². The van der Waals surface area contributed by atoms with Crippen LogP contribution in [0.25, 0.3) is 16.0 Å². The van der Waals surface area contributed by atoms with E-state index in [0.717, 1.165) is 5.56 Å². The average molecular weight is 212 g/mol. The summed E-state index contributed by atoms with van der Waals surface area (Å²) in [6.45, 7) is 6.82. The predicted octanol–water partition coefficient (Wildman–Crippen LogP) is 2.30. The summed E-state index contributed by atoms with van der Waals surface area (Å²) in [7, 11) is 0. The monoisotopic (exact) mass is 212 g/mol. The molecule has 0 amide bonds. The molecule has 1 aromatic heterocycles. The number of hydrogen-bond acceptors (Lipinski definition) is 2. The zero-order valence-electron chi connectivity index (χ0n) is 8.27. The third-order valence-corrected chi connectivity index (χ3v) is 2.21. The molecule has 0 saturated heterocycles. The summed E-state index contributed by atoms with van der Waals surface area (Å²) in [6.07, 6.45) is 1.52. The first-order valence-corrected chi connectivity index (χ1v) is 4.60. The van der Waals surface area contributed by atoms with Gasteiger partial charge in [-0.2, -0.15) is 0 Å². The number of aromatic hydroxyl groups is 1. The Labute approximate surface area is 91.6 Å². The number of hydrogen-bond donors (Lipinski definition) is 2. The molecule has 4 heteroatoms. The van der Waals surface area contributed by atoms with Crippen molar-refractivity contribution < 1.29 is 5.11 Å². The fraction of sp³-hybridized carbons (Fsp3) is 0. The highest BCUT2D eigenvalue weighted by molar-refractivity contribution is 5.66. The summed E-state index contributed by atoms with van der Waals surface area (Å²) >= 11 is 0. The van der Waals surface area contributed by atoms with Gasteiger partial charge in [0.15, 0.2) is 11.4 Å². The second-order valence-electron chi connectivity index (χ2n) is 3.26. The first kappa shape index (κ1) is 9.99. The summed E-state index contributed by atoms with van der Waals surface area (Å²) in [5, 5.41) is 9.27. The predicted molar refractivity (Wildman–Crippen MR) is 60.4 cm³/mol. The van der Waals surface area contributed by atoms with Crippen molar-refractivity contribution in [2.75, 3.05) is 0 Å². The molecule has 2 aromatic rings. The minimum atomic E-state index is -0.512. The Balaban J connectivity index is 2.47. The highest BCUT2D eigenvalue weighted by Gasteiger charge is 2.01. The van der Waals surface area contributed by atoms with E-state index in [1.807, 2.05) is 0 Å². The van der Waals surface area contributed by atoms with Gasteiger partial charge in [0, 0.05) is 11.8 Å². The van der Waals surface area contributed by atoms with Crippen LogP contribution in [-0.4, -0.2) is 10.1 Å². The largest absolute Gasteiger partial charge is 0.503 e. The Kier molecular flexibility index (Phi) is 2.44. The van der Waals surface area contributed by atoms with Crippen LogP contribution in [0.1, 0.15) is 0 Å². The number of aromatic amines is 1. The summed E-state index contributed by atoms with van der Waals surface area (Å²) in [5.41, 5.74) is 1.58. The Morgan fingerprint density at radius 2 is 1.88 bits per heavy atom. The van der Waals surface area contributed by atoms with Crippen LogP contribution in [0, 0.1) is 6.57 Å². The third-order valence-electron chi connectivity index (χ3n) is 2.21. The molecule has 0 bridgehead atoms. The quantitative estimate of drug-likeness (QED) is 0.712. The maximum atomic E-state index is 11.0. The molecule has 2 rings (SSSR count). The lowest BCUT2D eigenvalue weighted by molar-refractivity contribution is 0.467. The first-order valence-electron chi connectivity index (χ1n) is 4.60. The minimum absolute atomic E-state index is 0.313. The van der Waals surface area contributed by atoms with Gasteiger partial charge in [-0.05, 0) is 11.6 Å². The number of nitrogens with one attached hydrogen (secondary N) is 1. The van der Waals surface area contributed by atoms with Gasteiger partial charge in [-0.15, -0.1) is 0 Å². The van der Waals surface area contributed by atoms with E-state index >= 15 is 0 Å². The van der Waals surface area contributed by atoms with Crippen LogP contribution < -0.4 is 5.56 Å². The van der Waals surface area contributed by atoms with Crippen molar-refractivity contribution in [3.63, 3.8) is 0 Å². The van der Waals surface area contributed by atoms with Crippen molar-refractivity contribution in [3.05, 3.63) is 58.3 Å². The lowest BCUT2D eigenvalue weighted by Crippen LogP contribution is -2.03. The van der Waals surface area contributed by atoms with E-state index in [1.165, 1.54) is 12.3 Å². The molecule has 2 N–H and O–H groups in total. The number of pyridine rings is 1. The van der Waals surface area contributed by atoms with Crippen LogP contribution in [0.4, 0.5) is 5.69 Å². The molecule has 0 spiro atoms. The van der Waals surface area contributed by atoms with Gasteiger partial charge < -0.3 is 10.1 Å². The summed E-state index contributed by atoms with van der Waals surface area (Å²) in [5.74, 6) is -0.313. The van der Waals surface area contributed by atoms with Gasteiger partial charge in [-0.3, -0.25) is 4.79 Å². The normalized spacial score (nSPS) is 9.69. The van der Waals surface area contributed by atoms with Gasteiger partial charge in [0.1, 0.15) is 0 Å². The van der Waals surface area contributed by atoms with E-state index in [0.29, 0.717) is 11.3 Å². The van der Waals surface area contributed by atoms with E-state index in [-0.39, 0.29) is 5.75 Å². The van der Waals surface area contributed by atoms with E-state index in [4.69, 9.17) is 6.57 Å². The Morgan fingerprint density at radius 3 is 2.44 bits per heavy atom. The molecule has 1 heterocycles. The van der Waals surface area contributed by atoms with Gasteiger partial charge in [0.2, 0.25) is 0 Å². The molecule has 4 nitrogen and oxygen atoms in total. The zero-order valence-corrected chi connectivity index (χ0v) is 8.27. The van der Waals surface area contributed by atoms with Crippen molar-refractivity contribution in [2.24, 2.45) is 0 Å². The SMILES string of the molecule is [C-]#[N+]c1ccc(-c2c[nH]c(=O)c(O)c2)cc1. The van der Waals surface area contributed by atoms with E-state index < -0.39 is 5.56 Å². The third kappa shape index (κ3) is 1.79. The molecule has 1 aromatic carbocycles. The molecular formula is C12H8N2O2. The number of aromatic nitrogens is 1. The fourth-order valence-corrected chi connectivity index (χ4v) is 1.37. The van der Waals surface area contributed by atoms with Crippen LogP contribution in [0.5, 0.6) is 5.75 Å². The average Bonchev–Trinajstić information content (AvgIpc) is 2.33. The topological polar surface area (TPSA) is 57.5 Å². The molecule has 0 atom stereocenters. The lowest BCUT2D eigenvalue weighted by atomic mass is 10.1. The smallest absolute Gasteiger partial charge is 0.290 e. The lowest BCUT2D eigenvalue weighted by Gasteiger charge is -2.01. The number of H-pyrrole nitrogens is 1. The van der Waals surface area contributed by atoms with Crippen molar-refractivity contribution in [1.82, 2.24) is 4.98 Å². The van der Waals surface area contributed by atoms with Crippen molar-refractivity contribution in [2.45, 2.75) is 0 Å². The van der Waals surface area contributed by atoms with Crippen LogP contribution in [0.15, 0.2) is 41.3 Å².